The molecule has 5 nitrogen and oxygen atoms in total. The van der Waals surface area contributed by atoms with Crippen LogP contribution in [0, 0.1) is 5.95 Å². The number of anilines is 1. The lowest BCUT2D eigenvalue weighted by molar-refractivity contribution is -0.141. The van der Waals surface area contributed by atoms with Crippen molar-refractivity contribution in [3.8, 4) is 11.3 Å². The van der Waals surface area contributed by atoms with E-state index >= 15 is 0 Å². The van der Waals surface area contributed by atoms with Crippen LogP contribution in [0.15, 0.2) is 48.5 Å². The molecule has 148 valence electrons. The van der Waals surface area contributed by atoms with Crippen molar-refractivity contribution >= 4 is 11.7 Å². The number of carbonyl (C=O) groups excluding carboxylic acids is 1. The van der Waals surface area contributed by atoms with Gasteiger partial charge in [0, 0.05) is 12.6 Å². The standard InChI is InChI=1S/C17H12F4N4O.C2H6/c1-25-12(9-13(24-25)17(19,20)21)11-7-8-14(22-15(11)18)23-16(26)10-5-3-2-4-6-10;1-2/h2-9H,1H3,(H,22,23,26);1-2H3. The van der Waals surface area contributed by atoms with Crippen LogP contribution in [0.4, 0.5) is 23.4 Å². The van der Waals surface area contributed by atoms with Crippen LogP contribution in [0.2, 0.25) is 0 Å². The summed E-state index contributed by atoms with van der Waals surface area (Å²) in [4.78, 5) is 15.6. The predicted molar refractivity (Wildman–Crippen MR) is 97.1 cm³/mol. The molecule has 0 fully saturated rings. The van der Waals surface area contributed by atoms with Crippen molar-refractivity contribution in [1.82, 2.24) is 14.8 Å². The van der Waals surface area contributed by atoms with Crippen LogP contribution in [0.25, 0.3) is 11.3 Å². The molecule has 0 radical (unpaired) electrons. The highest BCUT2D eigenvalue weighted by Crippen LogP contribution is 2.32. The molecule has 1 N–H and O–H groups in total. The highest BCUT2D eigenvalue weighted by Gasteiger charge is 2.35. The summed E-state index contributed by atoms with van der Waals surface area (Å²) in [5.74, 6) is -1.56. The molecule has 0 saturated carbocycles. The van der Waals surface area contributed by atoms with Gasteiger partial charge in [-0.25, -0.2) is 4.98 Å². The van der Waals surface area contributed by atoms with Crippen molar-refractivity contribution in [2.75, 3.05) is 5.32 Å². The van der Waals surface area contributed by atoms with Gasteiger partial charge in [0.25, 0.3) is 5.91 Å². The van der Waals surface area contributed by atoms with Gasteiger partial charge >= 0.3 is 6.18 Å². The van der Waals surface area contributed by atoms with E-state index in [4.69, 9.17) is 0 Å². The summed E-state index contributed by atoms with van der Waals surface area (Å²) in [5, 5.41) is 5.77. The van der Waals surface area contributed by atoms with Gasteiger partial charge in [0.05, 0.1) is 11.3 Å². The number of pyridine rings is 1. The van der Waals surface area contributed by atoms with E-state index in [1.807, 2.05) is 13.8 Å². The maximum atomic E-state index is 14.3. The number of nitrogens with zero attached hydrogens (tertiary/aromatic N) is 3. The summed E-state index contributed by atoms with van der Waals surface area (Å²) in [6, 6.07) is 11.5. The van der Waals surface area contributed by atoms with Crippen LogP contribution in [-0.4, -0.2) is 20.7 Å². The van der Waals surface area contributed by atoms with Gasteiger partial charge in [-0.15, -0.1) is 0 Å². The molecule has 1 amide bonds. The third-order valence-corrected chi connectivity index (χ3v) is 3.57. The molecule has 0 atom stereocenters. The van der Waals surface area contributed by atoms with Gasteiger partial charge in [0.1, 0.15) is 5.82 Å². The summed E-state index contributed by atoms with van der Waals surface area (Å²) >= 11 is 0. The maximum absolute atomic E-state index is 14.3. The van der Waals surface area contributed by atoms with Crippen LogP contribution in [-0.2, 0) is 13.2 Å². The molecule has 0 unspecified atom stereocenters. The van der Waals surface area contributed by atoms with Crippen LogP contribution in [0.3, 0.4) is 0 Å². The quantitative estimate of drug-likeness (QED) is 0.507. The fourth-order valence-electron chi connectivity index (χ4n) is 2.33. The molecule has 9 heteroatoms. The zero-order valence-electron chi connectivity index (χ0n) is 15.4. The van der Waals surface area contributed by atoms with E-state index in [2.05, 4.69) is 15.4 Å². The Morgan fingerprint density at radius 1 is 1.07 bits per heavy atom. The number of aromatic nitrogens is 3. The van der Waals surface area contributed by atoms with Crippen LogP contribution >= 0.6 is 0 Å². The minimum Gasteiger partial charge on any atom is -0.306 e. The molecule has 28 heavy (non-hydrogen) atoms. The van der Waals surface area contributed by atoms with E-state index in [9.17, 15) is 22.4 Å². The molecular weight excluding hydrogens is 376 g/mol. The number of hydrogen-bond acceptors (Lipinski definition) is 3. The van der Waals surface area contributed by atoms with Crippen molar-refractivity contribution in [3.63, 3.8) is 0 Å². The lowest BCUT2D eigenvalue weighted by Gasteiger charge is -2.07. The summed E-state index contributed by atoms with van der Waals surface area (Å²) in [5.41, 5.74) is -1.01. The van der Waals surface area contributed by atoms with Gasteiger partial charge in [0.15, 0.2) is 5.69 Å². The second-order valence-corrected chi connectivity index (χ2v) is 5.39. The molecule has 3 rings (SSSR count). The van der Waals surface area contributed by atoms with Crippen LogP contribution in [0.1, 0.15) is 29.9 Å². The monoisotopic (exact) mass is 394 g/mol. The van der Waals surface area contributed by atoms with Crippen LogP contribution in [0.5, 0.6) is 0 Å². The van der Waals surface area contributed by atoms with Crippen molar-refractivity contribution in [3.05, 3.63) is 65.7 Å². The smallest absolute Gasteiger partial charge is 0.306 e. The first kappa shape index (κ1) is 21.1. The van der Waals surface area contributed by atoms with E-state index in [1.54, 1.807) is 30.3 Å². The van der Waals surface area contributed by atoms with Crippen molar-refractivity contribution in [2.24, 2.45) is 7.05 Å². The Balaban J connectivity index is 0.00000136. The minimum absolute atomic E-state index is 0.0571. The van der Waals surface area contributed by atoms with E-state index in [-0.39, 0.29) is 17.1 Å². The number of carbonyl (C=O) groups is 1. The number of halogens is 4. The molecule has 0 aliphatic heterocycles. The average Bonchev–Trinajstić information content (AvgIpc) is 3.06. The number of aryl methyl sites for hydroxylation is 1. The summed E-state index contributed by atoms with van der Waals surface area (Å²) in [6.45, 7) is 4.00. The number of hydrogen-bond donors (Lipinski definition) is 1. The highest BCUT2D eigenvalue weighted by molar-refractivity contribution is 6.03. The molecule has 0 aliphatic rings. The first-order valence-corrected chi connectivity index (χ1v) is 8.40. The van der Waals surface area contributed by atoms with E-state index in [1.165, 1.54) is 19.2 Å². The Morgan fingerprint density at radius 3 is 2.25 bits per heavy atom. The number of nitrogens with one attached hydrogen (secondary N) is 1. The maximum Gasteiger partial charge on any atom is 0.435 e. The lowest BCUT2D eigenvalue weighted by atomic mass is 10.2. The molecule has 2 heterocycles. The summed E-state index contributed by atoms with van der Waals surface area (Å²) in [6.07, 6.45) is -4.64. The SMILES string of the molecule is CC.Cn1nc(C(F)(F)F)cc1-c1ccc(NC(=O)c2ccccc2)nc1F. The molecule has 0 bridgehead atoms. The largest absolute Gasteiger partial charge is 0.435 e. The highest BCUT2D eigenvalue weighted by atomic mass is 19.4. The minimum atomic E-state index is -4.64. The normalized spacial score (nSPS) is 10.8. The Hall–Kier alpha value is -3.23. The third-order valence-electron chi connectivity index (χ3n) is 3.57. The Morgan fingerprint density at radius 2 is 1.71 bits per heavy atom. The first-order valence-electron chi connectivity index (χ1n) is 8.40. The van der Waals surface area contributed by atoms with E-state index in [0.717, 1.165) is 10.7 Å². The van der Waals surface area contributed by atoms with Gasteiger partial charge in [-0.1, -0.05) is 32.0 Å². The molecule has 0 aliphatic carbocycles. The van der Waals surface area contributed by atoms with Gasteiger partial charge < -0.3 is 5.32 Å². The first-order chi connectivity index (χ1) is 13.3. The van der Waals surface area contributed by atoms with Gasteiger partial charge in [0.2, 0.25) is 5.95 Å². The fourth-order valence-corrected chi connectivity index (χ4v) is 2.33. The van der Waals surface area contributed by atoms with Crippen molar-refractivity contribution < 1.29 is 22.4 Å². The second kappa shape index (κ2) is 8.64. The molecule has 3 aromatic rings. The lowest BCUT2D eigenvalue weighted by Crippen LogP contribution is -2.13. The van der Waals surface area contributed by atoms with Crippen LogP contribution < -0.4 is 5.32 Å². The number of amides is 1. The fraction of sp³-hybridized carbons (Fsp3) is 0.211. The van der Waals surface area contributed by atoms with Crippen molar-refractivity contribution in [2.45, 2.75) is 20.0 Å². The summed E-state index contributed by atoms with van der Waals surface area (Å²) in [7, 11) is 1.27. The molecular formula is C19H18F4N4O. The number of alkyl halides is 3. The third kappa shape index (κ3) is 4.73. The Labute approximate surface area is 159 Å². The Bertz CT molecular complexity index is 952. The zero-order valence-corrected chi connectivity index (χ0v) is 15.4. The van der Waals surface area contributed by atoms with E-state index in [0.29, 0.717) is 5.56 Å². The molecule has 0 saturated heterocycles. The number of rotatable bonds is 3. The predicted octanol–water partition coefficient (Wildman–Crippen LogP) is 4.92. The van der Waals surface area contributed by atoms with Gasteiger partial charge in [-0.05, 0) is 30.3 Å². The number of benzene rings is 1. The molecule has 1 aromatic carbocycles. The second-order valence-electron chi connectivity index (χ2n) is 5.39. The van der Waals surface area contributed by atoms with Gasteiger partial charge in [-0.3, -0.25) is 9.48 Å². The average molecular weight is 394 g/mol. The zero-order chi connectivity index (χ0) is 20.9. The van der Waals surface area contributed by atoms with E-state index < -0.39 is 23.7 Å². The summed E-state index contributed by atoms with van der Waals surface area (Å²) < 4.78 is 53.4. The molecule has 0 spiro atoms. The van der Waals surface area contributed by atoms with Gasteiger partial charge in [-0.2, -0.15) is 22.7 Å². The topological polar surface area (TPSA) is 59.8 Å². The van der Waals surface area contributed by atoms with Crippen molar-refractivity contribution in [1.29, 1.82) is 0 Å². The Kier molecular flexibility index (Phi) is 6.50. The molecule has 2 aromatic heterocycles.